The summed E-state index contributed by atoms with van der Waals surface area (Å²) >= 11 is 3.01. The quantitative estimate of drug-likeness (QED) is 0.621. The van der Waals surface area contributed by atoms with Crippen LogP contribution >= 0.6 is 22.7 Å². The van der Waals surface area contributed by atoms with Gasteiger partial charge in [-0.25, -0.2) is 9.78 Å². The third-order valence-corrected chi connectivity index (χ3v) is 3.72. The highest BCUT2D eigenvalue weighted by Crippen LogP contribution is 2.25. The predicted molar refractivity (Wildman–Crippen MR) is 70.6 cm³/mol. The van der Waals surface area contributed by atoms with Crippen molar-refractivity contribution in [2.45, 2.75) is 12.8 Å². The molecule has 2 aromatic heterocycles. The number of hydrogen-bond donors (Lipinski definition) is 0. The molecule has 0 saturated carbocycles. The zero-order chi connectivity index (χ0) is 12.8. The lowest BCUT2D eigenvalue weighted by molar-refractivity contribution is 0.0496. The summed E-state index contributed by atoms with van der Waals surface area (Å²) in [7, 11) is 0. The van der Waals surface area contributed by atoms with Gasteiger partial charge in [0.15, 0.2) is 5.69 Å². The molecular weight excluding hydrogens is 268 g/mol. The second kappa shape index (κ2) is 6.28. The number of thiophene rings is 1. The van der Waals surface area contributed by atoms with E-state index in [1.54, 1.807) is 16.7 Å². The molecule has 92 valence electrons. The van der Waals surface area contributed by atoms with Crippen LogP contribution in [0, 0.1) is 11.3 Å². The van der Waals surface area contributed by atoms with E-state index in [1.165, 1.54) is 11.3 Å². The molecule has 0 spiro atoms. The SMILES string of the molecule is N#CCCCOC(=O)c1csc(-c2ccsc2)n1. The highest BCUT2D eigenvalue weighted by molar-refractivity contribution is 7.14. The average Bonchev–Trinajstić information content (AvgIpc) is 3.03. The lowest BCUT2D eigenvalue weighted by atomic mass is 10.3. The number of ether oxygens (including phenoxy) is 1. The maximum atomic E-state index is 11.6. The average molecular weight is 278 g/mol. The van der Waals surface area contributed by atoms with Gasteiger partial charge in [0.25, 0.3) is 0 Å². The van der Waals surface area contributed by atoms with Gasteiger partial charge in [-0.2, -0.15) is 16.6 Å². The fourth-order valence-corrected chi connectivity index (χ4v) is 2.78. The van der Waals surface area contributed by atoms with Crippen molar-refractivity contribution >= 4 is 28.6 Å². The van der Waals surface area contributed by atoms with Crippen LogP contribution in [0.1, 0.15) is 23.3 Å². The number of unbranched alkanes of at least 4 members (excludes halogenated alkanes) is 1. The summed E-state index contributed by atoms with van der Waals surface area (Å²) in [6.07, 6.45) is 0.953. The molecule has 0 aromatic carbocycles. The molecule has 2 rings (SSSR count). The molecule has 0 aliphatic carbocycles. The maximum absolute atomic E-state index is 11.6. The first-order valence-corrected chi connectivity index (χ1v) is 7.15. The summed E-state index contributed by atoms with van der Waals surface area (Å²) in [6, 6.07) is 3.96. The number of aromatic nitrogens is 1. The number of carbonyl (C=O) groups is 1. The smallest absolute Gasteiger partial charge is 0.357 e. The summed E-state index contributed by atoms with van der Waals surface area (Å²) in [4.78, 5) is 15.9. The minimum absolute atomic E-state index is 0.262. The predicted octanol–water partition coefficient (Wildman–Crippen LogP) is 3.33. The zero-order valence-electron chi connectivity index (χ0n) is 9.46. The summed E-state index contributed by atoms with van der Waals surface area (Å²) in [5.41, 5.74) is 1.35. The van der Waals surface area contributed by atoms with Gasteiger partial charge in [0.05, 0.1) is 12.7 Å². The van der Waals surface area contributed by atoms with Crippen molar-refractivity contribution in [3.05, 3.63) is 27.9 Å². The zero-order valence-corrected chi connectivity index (χ0v) is 11.1. The minimum atomic E-state index is -0.425. The number of nitriles is 1. The Morgan fingerprint density at radius 2 is 2.39 bits per heavy atom. The molecular formula is C12H10N2O2S2. The minimum Gasteiger partial charge on any atom is -0.461 e. The molecule has 18 heavy (non-hydrogen) atoms. The standard InChI is InChI=1S/C12H10N2O2S2/c13-4-1-2-5-16-12(15)10-8-18-11(14-10)9-3-6-17-7-9/h3,6-8H,1-2,5H2. The van der Waals surface area contributed by atoms with Gasteiger partial charge in [-0.15, -0.1) is 11.3 Å². The topological polar surface area (TPSA) is 63.0 Å². The van der Waals surface area contributed by atoms with Gasteiger partial charge in [-0.1, -0.05) is 0 Å². The van der Waals surface area contributed by atoms with Crippen molar-refractivity contribution in [3.63, 3.8) is 0 Å². The van der Waals surface area contributed by atoms with E-state index in [2.05, 4.69) is 4.98 Å². The Morgan fingerprint density at radius 3 is 3.11 bits per heavy atom. The molecule has 0 saturated heterocycles. The Kier molecular flexibility index (Phi) is 4.45. The van der Waals surface area contributed by atoms with Crippen LogP contribution in [0.3, 0.4) is 0 Å². The van der Waals surface area contributed by atoms with Crippen LogP contribution < -0.4 is 0 Å². The van der Waals surface area contributed by atoms with Crippen LogP contribution in [-0.4, -0.2) is 17.6 Å². The third kappa shape index (κ3) is 3.15. The Morgan fingerprint density at radius 1 is 1.50 bits per heavy atom. The third-order valence-electron chi connectivity index (χ3n) is 2.15. The van der Waals surface area contributed by atoms with E-state index in [0.717, 1.165) is 10.6 Å². The van der Waals surface area contributed by atoms with E-state index < -0.39 is 5.97 Å². The van der Waals surface area contributed by atoms with Crippen molar-refractivity contribution in [1.29, 1.82) is 5.26 Å². The molecule has 6 heteroatoms. The van der Waals surface area contributed by atoms with Gasteiger partial charge in [-0.3, -0.25) is 0 Å². The van der Waals surface area contributed by atoms with Gasteiger partial charge in [-0.05, 0) is 17.9 Å². The van der Waals surface area contributed by atoms with Crippen molar-refractivity contribution in [1.82, 2.24) is 4.98 Å². The largest absolute Gasteiger partial charge is 0.461 e. The van der Waals surface area contributed by atoms with E-state index in [0.29, 0.717) is 18.5 Å². The Bertz CT molecular complexity index is 555. The molecule has 2 aromatic rings. The second-order valence-electron chi connectivity index (χ2n) is 3.45. The van der Waals surface area contributed by atoms with Crippen LogP contribution in [0.15, 0.2) is 22.2 Å². The first-order chi connectivity index (χ1) is 8.81. The van der Waals surface area contributed by atoms with Gasteiger partial charge >= 0.3 is 5.97 Å². The summed E-state index contributed by atoms with van der Waals surface area (Å²) in [5.74, 6) is -0.425. The number of thiazole rings is 1. The molecule has 0 aliphatic heterocycles. The summed E-state index contributed by atoms with van der Waals surface area (Å²) < 4.78 is 5.02. The lowest BCUT2D eigenvalue weighted by Gasteiger charge is -1.99. The normalized spacial score (nSPS) is 9.94. The Balaban J connectivity index is 1.94. The second-order valence-corrected chi connectivity index (χ2v) is 5.09. The Labute approximate surface area is 112 Å². The Hall–Kier alpha value is -1.71. The molecule has 0 bridgehead atoms. The van der Waals surface area contributed by atoms with Crippen molar-refractivity contribution in [3.8, 4) is 16.6 Å². The van der Waals surface area contributed by atoms with Gasteiger partial charge in [0, 0.05) is 22.7 Å². The number of hydrogen-bond acceptors (Lipinski definition) is 6. The molecule has 0 radical (unpaired) electrons. The van der Waals surface area contributed by atoms with Crippen LogP contribution in [0.5, 0.6) is 0 Å². The van der Waals surface area contributed by atoms with Crippen LogP contribution in [-0.2, 0) is 4.74 Å². The first kappa shape index (κ1) is 12.7. The van der Waals surface area contributed by atoms with Crippen LogP contribution in [0.2, 0.25) is 0 Å². The summed E-state index contributed by atoms with van der Waals surface area (Å²) in [6.45, 7) is 0.262. The number of rotatable bonds is 5. The lowest BCUT2D eigenvalue weighted by Crippen LogP contribution is -2.06. The first-order valence-electron chi connectivity index (χ1n) is 5.33. The van der Waals surface area contributed by atoms with Crippen molar-refractivity contribution in [2.75, 3.05) is 6.61 Å². The molecule has 0 N–H and O–H groups in total. The fourth-order valence-electron chi connectivity index (χ4n) is 1.28. The highest BCUT2D eigenvalue weighted by Gasteiger charge is 2.13. The van der Waals surface area contributed by atoms with Crippen molar-refractivity contribution < 1.29 is 9.53 Å². The number of carbonyl (C=O) groups excluding carboxylic acids is 1. The number of esters is 1. The molecule has 0 unspecified atom stereocenters. The molecule has 4 nitrogen and oxygen atoms in total. The van der Waals surface area contributed by atoms with E-state index in [9.17, 15) is 4.79 Å². The molecule has 0 amide bonds. The van der Waals surface area contributed by atoms with Crippen LogP contribution in [0.4, 0.5) is 0 Å². The van der Waals surface area contributed by atoms with E-state index >= 15 is 0 Å². The molecule has 0 atom stereocenters. The monoisotopic (exact) mass is 278 g/mol. The summed E-state index contributed by atoms with van der Waals surface area (Å²) in [5, 5.41) is 14.8. The molecule has 0 aliphatic rings. The van der Waals surface area contributed by atoms with E-state index in [-0.39, 0.29) is 6.61 Å². The van der Waals surface area contributed by atoms with Gasteiger partial charge in [0.1, 0.15) is 5.01 Å². The van der Waals surface area contributed by atoms with Gasteiger partial charge in [0.2, 0.25) is 0 Å². The molecule has 2 heterocycles. The molecule has 0 fully saturated rings. The fraction of sp³-hybridized carbons (Fsp3) is 0.250. The number of nitrogens with zero attached hydrogens (tertiary/aromatic N) is 2. The maximum Gasteiger partial charge on any atom is 0.357 e. The van der Waals surface area contributed by atoms with Crippen LogP contribution in [0.25, 0.3) is 10.6 Å². The van der Waals surface area contributed by atoms with E-state index in [1.807, 2.05) is 22.9 Å². The van der Waals surface area contributed by atoms with E-state index in [4.69, 9.17) is 10.00 Å². The van der Waals surface area contributed by atoms with Crippen molar-refractivity contribution in [2.24, 2.45) is 0 Å². The highest BCUT2D eigenvalue weighted by atomic mass is 32.1. The van der Waals surface area contributed by atoms with Gasteiger partial charge < -0.3 is 4.74 Å².